The van der Waals surface area contributed by atoms with Gasteiger partial charge in [0.15, 0.2) is 6.29 Å². The van der Waals surface area contributed by atoms with E-state index in [2.05, 4.69) is 27.7 Å². The molecular weight excluding hydrogens is 502 g/mol. The van der Waals surface area contributed by atoms with Crippen LogP contribution < -0.4 is 0 Å². The summed E-state index contributed by atoms with van der Waals surface area (Å²) in [6.45, 7) is 15.0. The molecule has 5 unspecified atom stereocenters. The minimum Gasteiger partial charge on any atom is -0.389 e. The topological polar surface area (TPSA) is 95.9 Å². The number of carbonyl (C=O) groups excluding carboxylic acids is 1. The molecule has 9 nitrogen and oxygen atoms in total. The number of nitrogens with zero attached hydrogens (tertiary/aromatic N) is 1. The van der Waals surface area contributed by atoms with Crippen molar-refractivity contribution in [2.45, 2.75) is 148 Å². The number of hydrogen-bond acceptors (Lipinski definition) is 8. The van der Waals surface area contributed by atoms with Gasteiger partial charge < -0.3 is 38.4 Å². The van der Waals surface area contributed by atoms with Crippen LogP contribution in [0.25, 0.3) is 0 Å². The molecule has 1 N–H and O–H groups in total. The van der Waals surface area contributed by atoms with Crippen molar-refractivity contribution >= 4 is 5.91 Å². The van der Waals surface area contributed by atoms with Crippen LogP contribution in [0.2, 0.25) is 0 Å². The van der Waals surface area contributed by atoms with Crippen LogP contribution in [0.15, 0.2) is 0 Å². The van der Waals surface area contributed by atoms with E-state index in [0.717, 1.165) is 51.4 Å². The molecule has 0 aromatic rings. The minimum absolute atomic E-state index is 0.0616. The molecule has 39 heavy (non-hydrogen) atoms. The smallest absolute Gasteiger partial charge is 0.220 e. The normalized spacial score (nSPS) is 30.9. The largest absolute Gasteiger partial charge is 0.389 e. The first-order valence-electron chi connectivity index (χ1n) is 15.6. The van der Waals surface area contributed by atoms with Gasteiger partial charge >= 0.3 is 0 Å². The summed E-state index contributed by atoms with van der Waals surface area (Å²) < 4.78 is 38.2. The Morgan fingerprint density at radius 3 is 1.79 bits per heavy atom. The number of likely N-dealkylation sites (tertiary alicyclic amines) is 1. The Balaban J connectivity index is 2.27. The highest BCUT2D eigenvalue weighted by molar-refractivity contribution is 5.75. The summed E-state index contributed by atoms with van der Waals surface area (Å²) in [5.41, 5.74) is 0. The quantitative estimate of drug-likeness (QED) is 0.206. The molecule has 0 bridgehead atoms. The van der Waals surface area contributed by atoms with Gasteiger partial charge in [-0.1, -0.05) is 60.3 Å². The number of rotatable bonds is 21. The molecule has 9 heteroatoms. The summed E-state index contributed by atoms with van der Waals surface area (Å²) in [6.07, 6.45) is 5.58. The fourth-order valence-electron chi connectivity index (χ4n) is 5.26. The van der Waals surface area contributed by atoms with Crippen LogP contribution in [-0.4, -0.2) is 104 Å². The van der Waals surface area contributed by atoms with Crippen LogP contribution in [0.4, 0.5) is 0 Å². The van der Waals surface area contributed by atoms with Gasteiger partial charge in [0.2, 0.25) is 5.91 Å². The Morgan fingerprint density at radius 1 is 0.718 bits per heavy atom. The second-order valence-corrected chi connectivity index (χ2v) is 10.8. The lowest BCUT2D eigenvalue weighted by atomic mass is 9.87. The molecule has 230 valence electrons. The summed E-state index contributed by atoms with van der Waals surface area (Å²) in [5, 5.41) is 10.7. The standard InChI is InChI=1S/C30H57NO8/c1-7-12-16-34-21-25-27(35-17-13-8-2)28(36-18-14-9-3)29(37-19-15-10-4)30(39-25)38-20-24-26(33)23(11-5)31(24)22(6)32/h23-30,33H,7-21H2,1-6H3/t23-,24-,25?,26+,27?,28?,29?,30?/m0/s1. The molecule has 0 saturated carbocycles. The average molecular weight is 560 g/mol. The van der Waals surface area contributed by atoms with E-state index in [4.69, 9.17) is 28.4 Å². The van der Waals surface area contributed by atoms with E-state index in [-0.39, 0.29) is 36.9 Å². The number of hydrogen-bond donors (Lipinski definition) is 1. The molecule has 2 heterocycles. The van der Waals surface area contributed by atoms with Gasteiger partial charge in [0.25, 0.3) is 0 Å². The van der Waals surface area contributed by atoms with Crippen LogP contribution in [0.5, 0.6) is 0 Å². The summed E-state index contributed by atoms with van der Waals surface area (Å²) in [7, 11) is 0. The third-order valence-electron chi connectivity index (χ3n) is 7.66. The molecule has 2 aliphatic rings. The lowest BCUT2D eigenvalue weighted by molar-refractivity contribution is -0.328. The van der Waals surface area contributed by atoms with Gasteiger partial charge in [-0.2, -0.15) is 0 Å². The molecule has 2 saturated heterocycles. The van der Waals surface area contributed by atoms with Crippen molar-refractivity contribution < 1.29 is 38.3 Å². The molecule has 1 amide bonds. The Kier molecular flexibility index (Phi) is 17.1. The SMILES string of the molecule is CCCCOCC1OC(OC[C@H]2[C@H](O)[C@H](CC)N2C(C)=O)C(OCCCC)C(OCCCC)C1OCCCC. The van der Waals surface area contributed by atoms with E-state index in [1.54, 1.807) is 4.90 Å². The molecule has 0 aliphatic carbocycles. The van der Waals surface area contributed by atoms with E-state index >= 15 is 0 Å². The van der Waals surface area contributed by atoms with Crippen LogP contribution in [0.3, 0.4) is 0 Å². The van der Waals surface area contributed by atoms with Crippen molar-refractivity contribution in [3.05, 3.63) is 0 Å². The zero-order valence-electron chi connectivity index (χ0n) is 25.5. The molecule has 0 radical (unpaired) electrons. The molecule has 2 rings (SSSR count). The zero-order valence-corrected chi connectivity index (χ0v) is 25.5. The van der Waals surface area contributed by atoms with E-state index in [1.807, 2.05) is 6.92 Å². The first-order chi connectivity index (χ1) is 18.9. The monoisotopic (exact) mass is 559 g/mol. The predicted molar refractivity (Wildman–Crippen MR) is 151 cm³/mol. The number of unbranched alkanes of at least 4 members (excludes halogenated alkanes) is 4. The third kappa shape index (κ3) is 10.2. The van der Waals surface area contributed by atoms with Gasteiger partial charge in [0.05, 0.1) is 31.4 Å². The average Bonchev–Trinajstić information content (AvgIpc) is 2.92. The first kappa shape index (κ1) is 34.4. The highest BCUT2D eigenvalue weighted by Gasteiger charge is 2.51. The Labute approximate surface area is 237 Å². The van der Waals surface area contributed by atoms with Crippen molar-refractivity contribution in [1.82, 2.24) is 4.90 Å². The lowest BCUT2D eigenvalue weighted by Gasteiger charge is -2.53. The number of carbonyl (C=O) groups is 1. The maximum Gasteiger partial charge on any atom is 0.220 e. The molecule has 0 spiro atoms. The van der Waals surface area contributed by atoms with Crippen molar-refractivity contribution in [1.29, 1.82) is 0 Å². The third-order valence-corrected chi connectivity index (χ3v) is 7.66. The van der Waals surface area contributed by atoms with Crippen LogP contribution in [-0.2, 0) is 33.2 Å². The molecule has 0 aromatic carbocycles. The van der Waals surface area contributed by atoms with E-state index in [9.17, 15) is 9.90 Å². The highest BCUT2D eigenvalue weighted by Crippen LogP contribution is 2.33. The number of ether oxygens (including phenoxy) is 6. The predicted octanol–water partition coefficient (Wildman–Crippen LogP) is 4.47. The van der Waals surface area contributed by atoms with Crippen molar-refractivity contribution in [2.24, 2.45) is 0 Å². The van der Waals surface area contributed by atoms with Crippen molar-refractivity contribution in [3.63, 3.8) is 0 Å². The second kappa shape index (κ2) is 19.3. The summed E-state index contributed by atoms with van der Waals surface area (Å²) in [6, 6.07) is -0.592. The second-order valence-electron chi connectivity index (χ2n) is 10.8. The maximum atomic E-state index is 12.3. The van der Waals surface area contributed by atoms with E-state index in [0.29, 0.717) is 39.5 Å². The molecule has 2 fully saturated rings. The van der Waals surface area contributed by atoms with Crippen molar-refractivity contribution in [2.75, 3.05) is 39.6 Å². The van der Waals surface area contributed by atoms with E-state index in [1.165, 1.54) is 6.92 Å². The van der Waals surface area contributed by atoms with Crippen LogP contribution in [0, 0.1) is 0 Å². The van der Waals surface area contributed by atoms with Crippen LogP contribution >= 0.6 is 0 Å². The first-order valence-corrected chi connectivity index (χ1v) is 15.6. The van der Waals surface area contributed by atoms with E-state index < -0.39 is 24.5 Å². The van der Waals surface area contributed by atoms with Gasteiger partial charge in [0.1, 0.15) is 24.4 Å². The summed E-state index contributed by atoms with van der Waals surface area (Å²) in [4.78, 5) is 14.0. The number of aliphatic hydroxyl groups excluding tert-OH is 1. The Morgan fingerprint density at radius 2 is 1.26 bits per heavy atom. The van der Waals surface area contributed by atoms with Gasteiger partial charge in [-0.25, -0.2) is 0 Å². The Hall–Kier alpha value is -0.810. The zero-order chi connectivity index (χ0) is 28.6. The lowest BCUT2D eigenvalue weighted by Crippen LogP contribution is -2.71. The van der Waals surface area contributed by atoms with Crippen molar-refractivity contribution in [3.8, 4) is 0 Å². The van der Waals surface area contributed by atoms with Gasteiger partial charge in [-0.3, -0.25) is 4.79 Å². The molecule has 8 atom stereocenters. The fraction of sp³-hybridized carbons (Fsp3) is 0.967. The number of aliphatic hydroxyl groups is 1. The minimum atomic E-state index is -0.735. The molecule has 2 aliphatic heterocycles. The summed E-state index contributed by atoms with van der Waals surface area (Å²) >= 11 is 0. The summed E-state index contributed by atoms with van der Waals surface area (Å²) in [5.74, 6) is -0.0616. The van der Waals surface area contributed by atoms with Gasteiger partial charge in [-0.15, -0.1) is 0 Å². The van der Waals surface area contributed by atoms with Gasteiger partial charge in [0, 0.05) is 33.4 Å². The Bertz CT molecular complexity index is 652. The number of amides is 1. The van der Waals surface area contributed by atoms with Crippen LogP contribution in [0.1, 0.15) is 99.3 Å². The maximum absolute atomic E-state index is 12.3. The fourth-order valence-corrected chi connectivity index (χ4v) is 5.26. The molecule has 0 aromatic heterocycles. The highest BCUT2D eigenvalue weighted by atomic mass is 16.7. The molecular formula is C30H57NO8. The van der Waals surface area contributed by atoms with Gasteiger partial charge in [-0.05, 0) is 32.1 Å².